The molecule has 4 rings (SSSR count). The summed E-state index contributed by atoms with van der Waals surface area (Å²) in [5.41, 5.74) is -1.69. The number of urea groups is 1. The zero-order chi connectivity index (χ0) is 30.2. The van der Waals surface area contributed by atoms with Crippen molar-refractivity contribution >= 4 is 28.6 Å². The minimum absolute atomic E-state index is 0.0296. The second-order valence-corrected chi connectivity index (χ2v) is 11.4. The van der Waals surface area contributed by atoms with E-state index in [1.165, 1.54) is 15.6 Å². The van der Waals surface area contributed by atoms with Crippen molar-refractivity contribution in [1.29, 1.82) is 0 Å². The number of benzene rings is 2. The van der Waals surface area contributed by atoms with Crippen LogP contribution in [-0.2, 0) is 16.4 Å². The number of aromatic nitrogens is 2. The van der Waals surface area contributed by atoms with Crippen LogP contribution in [-0.4, -0.2) is 55.6 Å². The van der Waals surface area contributed by atoms with Crippen LogP contribution < -0.4 is 5.32 Å². The van der Waals surface area contributed by atoms with Crippen LogP contribution in [0.4, 0.5) is 23.7 Å². The molecule has 41 heavy (non-hydrogen) atoms. The van der Waals surface area contributed by atoms with Crippen molar-refractivity contribution in [3.05, 3.63) is 53.7 Å². The van der Waals surface area contributed by atoms with Gasteiger partial charge >= 0.3 is 18.2 Å². The average Bonchev–Trinajstić information content (AvgIpc) is 3.32. The number of piperidine rings is 1. The van der Waals surface area contributed by atoms with Gasteiger partial charge in [0.2, 0.25) is 0 Å². The molecule has 11 heteroatoms. The summed E-state index contributed by atoms with van der Waals surface area (Å²) >= 11 is 0. The highest BCUT2D eigenvalue weighted by Crippen LogP contribution is 2.38. The monoisotopic (exact) mass is 574 g/mol. The summed E-state index contributed by atoms with van der Waals surface area (Å²) in [6, 6.07) is 8.41. The summed E-state index contributed by atoms with van der Waals surface area (Å²) in [5, 5.41) is 27.3. The van der Waals surface area contributed by atoms with E-state index in [2.05, 4.69) is 10.4 Å². The fraction of sp³-hybridized carbons (Fsp3) is 0.500. The van der Waals surface area contributed by atoms with Gasteiger partial charge in [0, 0.05) is 24.2 Å². The van der Waals surface area contributed by atoms with Crippen molar-refractivity contribution in [3.63, 3.8) is 0 Å². The number of anilines is 1. The maximum absolute atomic E-state index is 14.1. The third-order valence-corrected chi connectivity index (χ3v) is 8.30. The van der Waals surface area contributed by atoms with Crippen molar-refractivity contribution < 1.29 is 33.0 Å². The van der Waals surface area contributed by atoms with Gasteiger partial charge in [-0.1, -0.05) is 39.8 Å². The van der Waals surface area contributed by atoms with Crippen LogP contribution in [0.2, 0.25) is 0 Å². The number of alkyl halides is 3. The Balaban J connectivity index is 1.65. The fourth-order valence-corrected chi connectivity index (χ4v) is 5.94. The Morgan fingerprint density at radius 2 is 1.68 bits per heavy atom. The molecule has 2 amide bonds. The van der Waals surface area contributed by atoms with Gasteiger partial charge in [0.05, 0.1) is 34.0 Å². The van der Waals surface area contributed by atoms with Gasteiger partial charge in [0.15, 0.2) is 0 Å². The van der Waals surface area contributed by atoms with Crippen LogP contribution in [0.5, 0.6) is 0 Å². The maximum Gasteiger partial charge on any atom is 0.417 e. The molecular weight excluding hydrogens is 537 g/mol. The Labute approximate surface area is 237 Å². The molecule has 222 valence electrons. The Bertz CT molecular complexity index is 1400. The minimum Gasteiger partial charge on any atom is -0.481 e. The summed E-state index contributed by atoms with van der Waals surface area (Å²) in [6.07, 6.45) is -1.38. The van der Waals surface area contributed by atoms with E-state index in [1.807, 2.05) is 13.8 Å². The van der Waals surface area contributed by atoms with E-state index < -0.39 is 34.8 Å². The molecule has 3 aromatic rings. The van der Waals surface area contributed by atoms with Crippen molar-refractivity contribution in [2.75, 3.05) is 18.4 Å². The number of fused-ring (bicyclic) bond motifs is 1. The molecule has 1 aliphatic rings. The Kier molecular flexibility index (Phi) is 8.40. The smallest absolute Gasteiger partial charge is 0.417 e. The van der Waals surface area contributed by atoms with Gasteiger partial charge in [-0.15, -0.1) is 0 Å². The number of aliphatic carboxylic acids is 1. The molecule has 1 saturated heterocycles. The number of halogens is 3. The molecule has 0 radical (unpaired) electrons. The Morgan fingerprint density at radius 3 is 2.20 bits per heavy atom. The highest BCUT2D eigenvalue weighted by atomic mass is 19.4. The topological polar surface area (TPSA) is 108 Å². The molecule has 0 spiro atoms. The number of rotatable bonds is 8. The van der Waals surface area contributed by atoms with E-state index in [4.69, 9.17) is 0 Å². The van der Waals surface area contributed by atoms with E-state index in [0.29, 0.717) is 62.4 Å². The van der Waals surface area contributed by atoms with Crippen LogP contribution in [0.15, 0.2) is 42.6 Å². The lowest BCUT2D eigenvalue weighted by Crippen LogP contribution is -2.48. The number of carboxylic acid groups (broad SMARTS) is 1. The molecule has 3 N–H and O–H groups in total. The first-order chi connectivity index (χ1) is 19.2. The summed E-state index contributed by atoms with van der Waals surface area (Å²) in [5.74, 6) is -0.639. The number of nitrogens with one attached hydrogen (secondary N) is 1. The van der Waals surface area contributed by atoms with Gasteiger partial charge in [-0.3, -0.25) is 4.79 Å². The lowest BCUT2D eigenvalue weighted by atomic mass is 9.76. The van der Waals surface area contributed by atoms with E-state index >= 15 is 0 Å². The molecule has 0 aliphatic carbocycles. The molecule has 0 unspecified atom stereocenters. The standard InChI is InChI=1S/C30H37F3N4O4/c1-5-29(6-2,26(38)39)20-7-9-22(10-8-20)37-25-16-21(15-24(30(31,32)33)23(25)18-34-37)35-27(40)36-13-11-28(41,12-14-36)17-19(3)4/h7-10,15-16,18-19,41H,5-6,11-14,17H2,1-4H3,(H,35,40)(H,38,39). The third kappa shape index (κ3) is 6.05. The molecule has 0 atom stereocenters. The number of carbonyl (C=O) groups is 2. The minimum atomic E-state index is -4.70. The number of nitrogens with zero attached hydrogens (tertiary/aromatic N) is 3. The number of hydrogen-bond donors (Lipinski definition) is 3. The summed E-state index contributed by atoms with van der Waals surface area (Å²) in [7, 11) is 0. The van der Waals surface area contributed by atoms with Crippen molar-refractivity contribution in [2.45, 2.75) is 77.0 Å². The molecule has 1 fully saturated rings. The quantitative estimate of drug-likeness (QED) is 0.281. The van der Waals surface area contributed by atoms with E-state index in [-0.39, 0.29) is 16.6 Å². The Hall–Kier alpha value is -3.60. The number of amides is 2. The van der Waals surface area contributed by atoms with E-state index in [9.17, 15) is 33.0 Å². The summed E-state index contributed by atoms with van der Waals surface area (Å²) < 4.78 is 43.6. The first-order valence-electron chi connectivity index (χ1n) is 13.9. The van der Waals surface area contributed by atoms with Crippen LogP contribution >= 0.6 is 0 Å². The molecule has 2 aromatic carbocycles. The van der Waals surface area contributed by atoms with Gasteiger partial charge in [0.25, 0.3) is 0 Å². The van der Waals surface area contributed by atoms with Crippen molar-refractivity contribution in [3.8, 4) is 5.69 Å². The molecule has 1 aromatic heterocycles. The average molecular weight is 575 g/mol. The van der Waals surface area contributed by atoms with Crippen LogP contribution in [0.3, 0.4) is 0 Å². The second-order valence-electron chi connectivity index (χ2n) is 11.4. The second kappa shape index (κ2) is 11.3. The summed E-state index contributed by atoms with van der Waals surface area (Å²) in [6.45, 7) is 8.23. The largest absolute Gasteiger partial charge is 0.481 e. The molecule has 1 aliphatic heterocycles. The number of aliphatic hydroxyl groups is 1. The van der Waals surface area contributed by atoms with Crippen LogP contribution in [0.1, 0.15) is 70.9 Å². The SMILES string of the molecule is CCC(CC)(C(=O)O)c1ccc(-n2ncc3c(C(F)(F)F)cc(NC(=O)N4CCC(O)(CC(C)C)CC4)cc32)cc1. The van der Waals surface area contributed by atoms with E-state index in [1.54, 1.807) is 38.1 Å². The first-order valence-corrected chi connectivity index (χ1v) is 13.9. The molecule has 0 saturated carbocycles. The van der Waals surface area contributed by atoms with Gasteiger partial charge in [0.1, 0.15) is 0 Å². The molecular formula is C30H37F3N4O4. The zero-order valence-corrected chi connectivity index (χ0v) is 23.8. The molecule has 8 nitrogen and oxygen atoms in total. The molecule has 0 bridgehead atoms. The maximum atomic E-state index is 14.1. The van der Waals surface area contributed by atoms with Crippen LogP contribution in [0.25, 0.3) is 16.6 Å². The van der Waals surface area contributed by atoms with Crippen molar-refractivity contribution in [1.82, 2.24) is 14.7 Å². The predicted molar refractivity (Wildman–Crippen MR) is 150 cm³/mol. The third-order valence-electron chi connectivity index (χ3n) is 8.30. The highest BCUT2D eigenvalue weighted by molar-refractivity contribution is 5.94. The van der Waals surface area contributed by atoms with Crippen molar-refractivity contribution in [2.24, 2.45) is 5.92 Å². The highest BCUT2D eigenvalue weighted by Gasteiger charge is 2.38. The fourth-order valence-electron chi connectivity index (χ4n) is 5.94. The van der Waals surface area contributed by atoms with Gasteiger partial charge in [-0.2, -0.15) is 18.3 Å². The number of carbonyl (C=O) groups excluding carboxylic acids is 1. The summed E-state index contributed by atoms with van der Waals surface area (Å²) in [4.78, 5) is 26.6. The lowest BCUT2D eigenvalue weighted by Gasteiger charge is -2.39. The van der Waals surface area contributed by atoms with Gasteiger partial charge in [-0.05, 0) is 67.9 Å². The van der Waals surface area contributed by atoms with E-state index in [0.717, 1.165) is 12.3 Å². The number of hydrogen-bond acceptors (Lipinski definition) is 4. The number of likely N-dealkylation sites (tertiary alicyclic amines) is 1. The molecule has 2 heterocycles. The first kappa shape index (κ1) is 30.4. The van der Waals surface area contributed by atoms with Gasteiger partial charge in [-0.25, -0.2) is 9.48 Å². The Morgan fingerprint density at radius 1 is 1.07 bits per heavy atom. The predicted octanol–water partition coefficient (Wildman–Crippen LogP) is 6.59. The normalized spacial score (nSPS) is 15.9. The zero-order valence-electron chi connectivity index (χ0n) is 23.8. The van der Waals surface area contributed by atoms with Crippen LogP contribution in [0, 0.1) is 5.92 Å². The lowest BCUT2D eigenvalue weighted by molar-refractivity contribution is -0.144. The van der Waals surface area contributed by atoms with Gasteiger partial charge < -0.3 is 20.4 Å². The number of carboxylic acids is 1.